The molecular formula is C11H8Br2N2OS. The van der Waals surface area contributed by atoms with Crippen LogP contribution >= 0.6 is 43.2 Å². The van der Waals surface area contributed by atoms with E-state index in [2.05, 4.69) is 42.2 Å². The number of rotatable bonds is 3. The van der Waals surface area contributed by atoms with Crippen molar-refractivity contribution in [3.63, 3.8) is 0 Å². The highest BCUT2D eigenvalue weighted by Crippen LogP contribution is 2.26. The molecule has 88 valence electrons. The van der Waals surface area contributed by atoms with Crippen LogP contribution in [0.2, 0.25) is 0 Å². The Hall–Kier alpha value is -0.720. The van der Waals surface area contributed by atoms with Crippen molar-refractivity contribution in [1.29, 1.82) is 0 Å². The second-order valence-corrected chi connectivity index (χ2v) is 5.56. The van der Waals surface area contributed by atoms with Gasteiger partial charge in [0.1, 0.15) is 0 Å². The molecule has 0 unspecified atom stereocenters. The highest BCUT2D eigenvalue weighted by Gasteiger charge is 2.07. The number of benzene rings is 1. The Bertz CT molecular complexity index is 542. The lowest BCUT2D eigenvalue weighted by Crippen LogP contribution is -2.11. The fourth-order valence-electron chi connectivity index (χ4n) is 1.26. The van der Waals surface area contributed by atoms with Crippen molar-refractivity contribution in [2.75, 3.05) is 10.6 Å². The molecule has 0 saturated heterocycles. The zero-order chi connectivity index (χ0) is 12.3. The van der Waals surface area contributed by atoms with Crippen LogP contribution in [0, 0.1) is 0 Å². The standard InChI is InChI=1S/C11H8Br2N2OS/c12-5-10(16)15-11-14-9(6-17-11)7-2-1-3-8(13)4-7/h1-4,6H,5H2,(H,14,15,16). The molecule has 0 aliphatic carbocycles. The summed E-state index contributed by atoms with van der Waals surface area (Å²) in [6.45, 7) is 0. The predicted octanol–water partition coefficient (Wildman–Crippen LogP) is 3.91. The summed E-state index contributed by atoms with van der Waals surface area (Å²) >= 11 is 7.92. The summed E-state index contributed by atoms with van der Waals surface area (Å²) in [4.78, 5) is 15.5. The summed E-state index contributed by atoms with van der Waals surface area (Å²) in [7, 11) is 0. The van der Waals surface area contributed by atoms with Crippen LogP contribution in [0.1, 0.15) is 0 Å². The van der Waals surface area contributed by atoms with E-state index in [-0.39, 0.29) is 11.2 Å². The molecule has 17 heavy (non-hydrogen) atoms. The van der Waals surface area contributed by atoms with Crippen molar-refractivity contribution in [2.45, 2.75) is 0 Å². The zero-order valence-corrected chi connectivity index (χ0v) is 12.6. The summed E-state index contributed by atoms with van der Waals surface area (Å²) in [5, 5.41) is 5.52. The lowest BCUT2D eigenvalue weighted by atomic mass is 10.2. The van der Waals surface area contributed by atoms with Crippen molar-refractivity contribution < 1.29 is 4.79 Å². The van der Waals surface area contributed by atoms with Crippen molar-refractivity contribution >= 4 is 54.2 Å². The number of halogens is 2. The van der Waals surface area contributed by atoms with E-state index in [1.165, 1.54) is 11.3 Å². The Morgan fingerprint density at radius 3 is 3.00 bits per heavy atom. The molecule has 2 aromatic rings. The number of aromatic nitrogens is 1. The summed E-state index contributed by atoms with van der Waals surface area (Å²) in [6.07, 6.45) is 0. The van der Waals surface area contributed by atoms with E-state index in [1.807, 2.05) is 29.6 Å². The molecule has 0 aliphatic heterocycles. The van der Waals surface area contributed by atoms with Crippen LogP contribution in [-0.4, -0.2) is 16.2 Å². The Balaban J connectivity index is 2.21. The van der Waals surface area contributed by atoms with E-state index in [0.29, 0.717) is 5.13 Å². The first kappa shape index (κ1) is 12.7. The number of carbonyl (C=O) groups is 1. The highest BCUT2D eigenvalue weighted by molar-refractivity contribution is 9.10. The van der Waals surface area contributed by atoms with Crippen molar-refractivity contribution in [3.8, 4) is 11.3 Å². The summed E-state index contributed by atoms with van der Waals surface area (Å²) in [5.41, 5.74) is 1.89. The van der Waals surface area contributed by atoms with Crippen molar-refractivity contribution in [2.24, 2.45) is 0 Å². The minimum Gasteiger partial charge on any atom is -0.301 e. The number of hydrogen-bond acceptors (Lipinski definition) is 3. The van der Waals surface area contributed by atoms with Crippen molar-refractivity contribution in [3.05, 3.63) is 34.1 Å². The van der Waals surface area contributed by atoms with Crippen LogP contribution in [0.25, 0.3) is 11.3 Å². The Kier molecular flexibility index (Phi) is 4.31. The van der Waals surface area contributed by atoms with Gasteiger partial charge in [-0.3, -0.25) is 4.79 Å². The second-order valence-electron chi connectivity index (χ2n) is 3.23. The van der Waals surface area contributed by atoms with E-state index >= 15 is 0 Å². The van der Waals surface area contributed by atoms with Gasteiger partial charge in [0.2, 0.25) is 5.91 Å². The summed E-state index contributed by atoms with van der Waals surface area (Å²) in [6, 6.07) is 7.89. The normalized spacial score (nSPS) is 10.2. The van der Waals surface area contributed by atoms with Gasteiger partial charge in [0, 0.05) is 15.4 Å². The molecule has 1 amide bonds. The van der Waals surface area contributed by atoms with Crippen LogP contribution in [0.15, 0.2) is 34.1 Å². The molecule has 0 spiro atoms. The van der Waals surface area contributed by atoms with Gasteiger partial charge in [0.15, 0.2) is 5.13 Å². The van der Waals surface area contributed by atoms with Crippen molar-refractivity contribution in [1.82, 2.24) is 4.98 Å². The number of anilines is 1. The van der Waals surface area contributed by atoms with Gasteiger partial charge in [0.25, 0.3) is 0 Å². The first-order valence-electron chi connectivity index (χ1n) is 4.76. The van der Waals surface area contributed by atoms with Gasteiger partial charge in [0.05, 0.1) is 11.0 Å². The van der Waals surface area contributed by atoms with Crippen LogP contribution in [0.5, 0.6) is 0 Å². The van der Waals surface area contributed by atoms with Gasteiger partial charge in [-0.1, -0.05) is 44.0 Å². The maximum atomic E-state index is 11.2. The van der Waals surface area contributed by atoms with E-state index < -0.39 is 0 Å². The number of nitrogens with one attached hydrogen (secondary N) is 1. The van der Waals surface area contributed by atoms with E-state index in [0.717, 1.165) is 15.7 Å². The third-order valence-electron chi connectivity index (χ3n) is 1.99. The third-order valence-corrected chi connectivity index (χ3v) is 3.75. The fraction of sp³-hybridized carbons (Fsp3) is 0.0909. The van der Waals surface area contributed by atoms with Crippen LogP contribution in [0.4, 0.5) is 5.13 Å². The highest BCUT2D eigenvalue weighted by atomic mass is 79.9. The number of amides is 1. The van der Waals surface area contributed by atoms with Gasteiger partial charge >= 0.3 is 0 Å². The number of nitrogens with zero attached hydrogens (tertiary/aromatic N) is 1. The maximum absolute atomic E-state index is 11.2. The molecule has 6 heteroatoms. The minimum atomic E-state index is -0.0971. The number of thiazole rings is 1. The first-order valence-corrected chi connectivity index (χ1v) is 7.56. The molecule has 0 saturated carbocycles. The van der Waals surface area contributed by atoms with Crippen LogP contribution in [-0.2, 0) is 4.79 Å². The molecule has 0 aliphatic rings. The average molecular weight is 376 g/mol. The molecular weight excluding hydrogens is 368 g/mol. The number of hydrogen-bond donors (Lipinski definition) is 1. The average Bonchev–Trinajstić information content (AvgIpc) is 2.77. The Morgan fingerprint density at radius 1 is 1.47 bits per heavy atom. The summed E-state index contributed by atoms with van der Waals surface area (Å²) < 4.78 is 1.01. The van der Waals surface area contributed by atoms with Gasteiger partial charge in [-0.15, -0.1) is 11.3 Å². The molecule has 1 N–H and O–H groups in total. The third kappa shape index (κ3) is 3.37. The van der Waals surface area contributed by atoms with E-state index in [9.17, 15) is 4.79 Å². The maximum Gasteiger partial charge on any atom is 0.236 e. The Labute approximate surface area is 120 Å². The molecule has 1 aromatic heterocycles. The van der Waals surface area contributed by atoms with Gasteiger partial charge in [-0.25, -0.2) is 4.98 Å². The van der Waals surface area contributed by atoms with Gasteiger partial charge < -0.3 is 5.32 Å². The lowest BCUT2D eigenvalue weighted by Gasteiger charge is -1.98. The zero-order valence-electron chi connectivity index (χ0n) is 8.61. The fourth-order valence-corrected chi connectivity index (χ4v) is 2.54. The van der Waals surface area contributed by atoms with Gasteiger partial charge in [-0.2, -0.15) is 0 Å². The molecule has 0 radical (unpaired) electrons. The quantitative estimate of drug-likeness (QED) is 0.826. The topological polar surface area (TPSA) is 42.0 Å². The molecule has 0 bridgehead atoms. The number of carbonyl (C=O) groups excluding carboxylic acids is 1. The minimum absolute atomic E-state index is 0.0971. The largest absolute Gasteiger partial charge is 0.301 e. The van der Waals surface area contributed by atoms with E-state index in [4.69, 9.17) is 0 Å². The van der Waals surface area contributed by atoms with E-state index in [1.54, 1.807) is 0 Å². The smallest absolute Gasteiger partial charge is 0.236 e. The van der Waals surface area contributed by atoms with Crippen LogP contribution in [0.3, 0.4) is 0 Å². The SMILES string of the molecule is O=C(CBr)Nc1nc(-c2cccc(Br)c2)cs1. The molecule has 2 rings (SSSR count). The monoisotopic (exact) mass is 374 g/mol. The molecule has 3 nitrogen and oxygen atoms in total. The molecule has 0 fully saturated rings. The Morgan fingerprint density at radius 2 is 2.29 bits per heavy atom. The molecule has 1 heterocycles. The van der Waals surface area contributed by atoms with Crippen LogP contribution < -0.4 is 5.32 Å². The molecule has 0 atom stereocenters. The second kappa shape index (κ2) is 5.75. The lowest BCUT2D eigenvalue weighted by molar-refractivity contribution is -0.113. The summed E-state index contributed by atoms with van der Waals surface area (Å²) in [5.74, 6) is -0.0971. The molecule has 1 aromatic carbocycles. The van der Waals surface area contributed by atoms with Gasteiger partial charge in [-0.05, 0) is 12.1 Å². The predicted molar refractivity (Wildman–Crippen MR) is 77.7 cm³/mol. The number of alkyl halides is 1. The first-order chi connectivity index (χ1) is 8.19.